The van der Waals surface area contributed by atoms with Crippen LogP contribution in [0.25, 0.3) is 0 Å². The van der Waals surface area contributed by atoms with Crippen LogP contribution in [0, 0.1) is 0 Å². The monoisotopic (exact) mass is 181 g/mol. The summed E-state index contributed by atoms with van der Waals surface area (Å²) in [5, 5.41) is 8.46. The van der Waals surface area contributed by atoms with Gasteiger partial charge in [-0.15, -0.1) is 0 Å². The van der Waals surface area contributed by atoms with Crippen molar-refractivity contribution >= 4 is 5.78 Å². The molecule has 0 spiro atoms. The van der Waals surface area contributed by atoms with Gasteiger partial charge in [0.2, 0.25) is 5.88 Å². The van der Waals surface area contributed by atoms with E-state index in [4.69, 9.17) is 9.84 Å². The van der Waals surface area contributed by atoms with Crippen LogP contribution >= 0.6 is 0 Å². The Bertz CT molecular complexity index is 281. The van der Waals surface area contributed by atoms with E-state index in [0.717, 1.165) is 0 Å². The maximum atomic E-state index is 10.8. The van der Waals surface area contributed by atoms with E-state index >= 15 is 0 Å². The zero-order valence-electron chi connectivity index (χ0n) is 7.36. The van der Waals surface area contributed by atoms with Gasteiger partial charge in [-0.3, -0.25) is 4.79 Å². The number of hydrogen-bond donors (Lipinski definition) is 1. The third-order valence-electron chi connectivity index (χ3n) is 1.48. The molecule has 70 valence electrons. The average molecular weight is 181 g/mol. The van der Waals surface area contributed by atoms with Gasteiger partial charge in [0.25, 0.3) is 0 Å². The van der Waals surface area contributed by atoms with Crippen molar-refractivity contribution in [2.45, 2.75) is 6.92 Å². The number of nitrogens with zero attached hydrogens (tertiary/aromatic N) is 1. The Balaban J connectivity index is 2.64. The summed E-state index contributed by atoms with van der Waals surface area (Å²) >= 11 is 0. The molecule has 0 aliphatic heterocycles. The zero-order valence-corrected chi connectivity index (χ0v) is 7.36. The van der Waals surface area contributed by atoms with Gasteiger partial charge in [0.1, 0.15) is 6.61 Å². The summed E-state index contributed by atoms with van der Waals surface area (Å²) in [6, 6.07) is 3.24. The van der Waals surface area contributed by atoms with Crippen molar-refractivity contribution < 1.29 is 14.6 Å². The van der Waals surface area contributed by atoms with E-state index in [0.29, 0.717) is 11.4 Å². The number of Topliss-reactive ketones (excluding diaryl/α,β-unsaturated/α-hetero) is 1. The van der Waals surface area contributed by atoms with Crippen LogP contribution in [0.2, 0.25) is 0 Å². The lowest BCUT2D eigenvalue weighted by Crippen LogP contribution is -2.03. The van der Waals surface area contributed by atoms with Crippen LogP contribution in [0.3, 0.4) is 0 Å². The SMILES string of the molecule is CC(=O)c1ccc(OCCO)nc1. The van der Waals surface area contributed by atoms with Crippen molar-refractivity contribution in [2.24, 2.45) is 0 Å². The Hall–Kier alpha value is -1.42. The number of carbonyl (C=O) groups excluding carboxylic acids is 1. The second-order valence-corrected chi connectivity index (χ2v) is 2.51. The molecular weight excluding hydrogens is 170 g/mol. The second kappa shape index (κ2) is 4.57. The van der Waals surface area contributed by atoms with Crippen molar-refractivity contribution in [1.82, 2.24) is 4.98 Å². The Morgan fingerprint density at radius 1 is 1.62 bits per heavy atom. The van der Waals surface area contributed by atoms with E-state index in [-0.39, 0.29) is 19.0 Å². The van der Waals surface area contributed by atoms with Crippen molar-refractivity contribution in [3.63, 3.8) is 0 Å². The van der Waals surface area contributed by atoms with Gasteiger partial charge < -0.3 is 9.84 Å². The summed E-state index contributed by atoms with van der Waals surface area (Å²) in [5.74, 6) is 0.389. The van der Waals surface area contributed by atoms with Crippen LogP contribution in [0.5, 0.6) is 5.88 Å². The van der Waals surface area contributed by atoms with Crippen LogP contribution < -0.4 is 4.74 Å². The second-order valence-electron chi connectivity index (χ2n) is 2.51. The zero-order chi connectivity index (χ0) is 9.68. The highest BCUT2D eigenvalue weighted by atomic mass is 16.5. The van der Waals surface area contributed by atoms with Crippen molar-refractivity contribution in [3.05, 3.63) is 23.9 Å². The van der Waals surface area contributed by atoms with E-state index in [1.165, 1.54) is 13.1 Å². The van der Waals surface area contributed by atoms with E-state index in [2.05, 4.69) is 4.98 Å². The van der Waals surface area contributed by atoms with Crippen LogP contribution in [0.1, 0.15) is 17.3 Å². The molecule has 0 bridgehead atoms. The number of aliphatic hydroxyl groups excluding tert-OH is 1. The predicted molar refractivity (Wildman–Crippen MR) is 46.8 cm³/mol. The average Bonchev–Trinajstić information content (AvgIpc) is 2.15. The molecule has 0 saturated carbocycles. The fourth-order valence-electron chi connectivity index (χ4n) is 0.824. The lowest BCUT2D eigenvalue weighted by atomic mass is 10.2. The number of aromatic nitrogens is 1. The first-order chi connectivity index (χ1) is 6.24. The summed E-state index contributed by atoms with van der Waals surface area (Å²) in [6.07, 6.45) is 1.45. The van der Waals surface area contributed by atoms with Crippen LogP contribution in [0.15, 0.2) is 18.3 Å². The summed E-state index contributed by atoms with van der Waals surface area (Å²) in [4.78, 5) is 14.7. The predicted octanol–water partition coefficient (Wildman–Crippen LogP) is 0.655. The minimum atomic E-state index is -0.0455. The molecule has 1 heterocycles. The molecule has 0 unspecified atom stereocenters. The Kier molecular flexibility index (Phi) is 3.40. The van der Waals surface area contributed by atoms with Crippen LogP contribution in [-0.4, -0.2) is 29.1 Å². The molecule has 1 rings (SSSR count). The Labute approximate surface area is 76.2 Å². The van der Waals surface area contributed by atoms with Gasteiger partial charge in [0.05, 0.1) is 6.61 Å². The van der Waals surface area contributed by atoms with E-state index in [1.807, 2.05) is 0 Å². The normalized spacial score (nSPS) is 9.69. The van der Waals surface area contributed by atoms with Crippen LogP contribution in [-0.2, 0) is 0 Å². The maximum Gasteiger partial charge on any atom is 0.213 e. The standard InChI is InChI=1S/C9H11NO3/c1-7(12)8-2-3-9(10-6-8)13-5-4-11/h2-3,6,11H,4-5H2,1H3. The summed E-state index contributed by atoms with van der Waals surface area (Å²) in [7, 11) is 0. The van der Waals surface area contributed by atoms with E-state index < -0.39 is 0 Å². The van der Waals surface area contributed by atoms with E-state index in [1.54, 1.807) is 12.1 Å². The van der Waals surface area contributed by atoms with Crippen molar-refractivity contribution in [3.8, 4) is 5.88 Å². The molecule has 1 aromatic heterocycles. The van der Waals surface area contributed by atoms with Gasteiger partial charge in [-0.1, -0.05) is 0 Å². The molecule has 1 aromatic rings. The third kappa shape index (κ3) is 2.83. The number of rotatable bonds is 4. The molecule has 0 aliphatic carbocycles. The highest BCUT2D eigenvalue weighted by molar-refractivity contribution is 5.93. The van der Waals surface area contributed by atoms with Gasteiger partial charge >= 0.3 is 0 Å². The lowest BCUT2D eigenvalue weighted by molar-refractivity contribution is 0.101. The molecule has 0 aliphatic rings. The molecule has 4 nitrogen and oxygen atoms in total. The highest BCUT2D eigenvalue weighted by Gasteiger charge is 1.99. The molecule has 0 saturated heterocycles. The molecular formula is C9H11NO3. The first kappa shape index (κ1) is 9.67. The van der Waals surface area contributed by atoms with Gasteiger partial charge in [-0.2, -0.15) is 0 Å². The number of hydrogen-bond acceptors (Lipinski definition) is 4. The Morgan fingerprint density at radius 2 is 2.38 bits per heavy atom. The Morgan fingerprint density at radius 3 is 2.85 bits per heavy atom. The third-order valence-corrected chi connectivity index (χ3v) is 1.48. The number of carbonyl (C=O) groups is 1. The summed E-state index contributed by atoms with van der Waals surface area (Å²) in [6.45, 7) is 1.65. The largest absolute Gasteiger partial charge is 0.475 e. The molecule has 0 radical (unpaired) electrons. The fourth-order valence-corrected chi connectivity index (χ4v) is 0.824. The van der Waals surface area contributed by atoms with E-state index in [9.17, 15) is 4.79 Å². The smallest absolute Gasteiger partial charge is 0.213 e. The van der Waals surface area contributed by atoms with Gasteiger partial charge in [0, 0.05) is 17.8 Å². The first-order valence-corrected chi connectivity index (χ1v) is 3.94. The fraction of sp³-hybridized carbons (Fsp3) is 0.333. The first-order valence-electron chi connectivity index (χ1n) is 3.94. The van der Waals surface area contributed by atoms with Gasteiger partial charge in [0.15, 0.2) is 5.78 Å². The molecule has 1 N–H and O–H groups in total. The quantitative estimate of drug-likeness (QED) is 0.693. The minimum absolute atomic E-state index is 0.0267. The molecule has 0 aromatic carbocycles. The lowest BCUT2D eigenvalue weighted by Gasteiger charge is -2.02. The number of ether oxygens (including phenoxy) is 1. The highest BCUT2D eigenvalue weighted by Crippen LogP contribution is 2.07. The maximum absolute atomic E-state index is 10.8. The molecule has 0 atom stereocenters. The van der Waals surface area contributed by atoms with Crippen LogP contribution in [0.4, 0.5) is 0 Å². The molecule has 13 heavy (non-hydrogen) atoms. The minimum Gasteiger partial charge on any atom is -0.475 e. The van der Waals surface area contributed by atoms with Gasteiger partial charge in [-0.05, 0) is 13.0 Å². The van der Waals surface area contributed by atoms with Crippen molar-refractivity contribution in [1.29, 1.82) is 0 Å². The number of ketones is 1. The topological polar surface area (TPSA) is 59.4 Å². The summed E-state index contributed by atoms with van der Waals surface area (Å²) < 4.78 is 5.02. The number of aliphatic hydroxyl groups is 1. The summed E-state index contributed by atoms with van der Waals surface area (Å²) in [5.41, 5.74) is 0.552. The molecule has 0 fully saturated rings. The number of pyridine rings is 1. The van der Waals surface area contributed by atoms with Crippen molar-refractivity contribution in [2.75, 3.05) is 13.2 Å². The van der Waals surface area contributed by atoms with Gasteiger partial charge in [-0.25, -0.2) is 4.98 Å². The molecule has 4 heteroatoms. The molecule has 0 amide bonds.